The van der Waals surface area contributed by atoms with Gasteiger partial charge in [-0.2, -0.15) is 5.10 Å². The van der Waals surface area contributed by atoms with Crippen LogP contribution in [0.25, 0.3) is 0 Å². The molecular formula is C11H21N3. The summed E-state index contributed by atoms with van der Waals surface area (Å²) in [6, 6.07) is 1.25. The number of hydrogen-bond acceptors (Lipinski definition) is 3. The average molecular weight is 195 g/mol. The van der Waals surface area contributed by atoms with E-state index in [1.165, 1.54) is 12.0 Å². The second-order valence-electron chi connectivity index (χ2n) is 4.36. The van der Waals surface area contributed by atoms with Crippen molar-refractivity contribution >= 4 is 6.72 Å². The van der Waals surface area contributed by atoms with Gasteiger partial charge in [0.05, 0.1) is 0 Å². The van der Waals surface area contributed by atoms with Crippen molar-refractivity contribution in [2.24, 2.45) is 11.0 Å². The van der Waals surface area contributed by atoms with E-state index >= 15 is 0 Å². The van der Waals surface area contributed by atoms with Gasteiger partial charge in [-0.3, -0.25) is 5.01 Å². The van der Waals surface area contributed by atoms with E-state index in [9.17, 15) is 0 Å². The minimum atomic E-state index is 0.577. The molecule has 0 saturated heterocycles. The molecule has 0 aromatic carbocycles. The molecule has 0 spiro atoms. The lowest BCUT2D eigenvalue weighted by molar-refractivity contribution is 0.485. The highest BCUT2D eigenvalue weighted by atomic mass is 15.4. The highest BCUT2D eigenvalue weighted by molar-refractivity contribution is 5.23. The number of nitrogens with one attached hydrogen (secondary N) is 1. The van der Waals surface area contributed by atoms with Gasteiger partial charge in [0.15, 0.2) is 0 Å². The quantitative estimate of drug-likeness (QED) is 0.535. The average Bonchev–Trinajstić information content (AvgIpc) is 2.82. The van der Waals surface area contributed by atoms with E-state index in [1.54, 1.807) is 5.01 Å². The molecule has 3 nitrogen and oxygen atoms in total. The Morgan fingerprint density at radius 3 is 2.79 bits per heavy atom. The summed E-state index contributed by atoms with van der Waals surface area (Å²) in [6.45, 7) is 10.0. The Morgan fingerprint density at radius 1 is 1.64 bits per heavy atom. The van der Waals surface area contributed by atoms with Gasteiger partial charge >= 0.3 is 0 Å². The zero-order valence-electron chi connectivity index (χ0n) is 9.62. The Kier molecular flexibility index (Phi) is 3.69. The smallest absolute Gasteiger partial charge is 0.0296 e. The molecule has 0 unspecified atom stereocenters. The first-order chi connectivity index (χ1) is 6.54. The Labute approximate surface area is 86.9 Å². The molecule has 14 heavy (non-hydrogen) atoms. The monoisotopic (exact) mass is 195 g/mol. The minimum Gasteiger partial charge on any atom is -0.311 e. The predicted molar refractivity (Wildman–Crippen MR) is 61.2 cm³/mol. The van der Waals surface area contributed by atoms with Crippen LogP contribution in [0.3, 0.4) is 0 Å². The Morgan fingerprint density at radius 2 is 2.29 bits per heavy atom. The van der Waals surface area contributed by atoms with E-state index < -0.39 is 0 Å². The largest absolute Gasteiger partial charge is 0.311 e. The van der Waals surface area contributed by atoms with Crippen molar-refractivity contribution in [3.63, 3.8) is 0 Å². The summed E-state index contributed by atoms with van der Waals surface area (Å²) < 4.78 is 0. The molecule has 0 radical (unpaired) electrons. The van der Waals surface area contributed by atoms with Crippen LogP contribution in [0.15, 0.2) is 16.9 Å². The SMILES string of the molecule is C=NN(C)/C=C(\C)[C@@H]1C[C@H]1NC(C)C. The van der Waals surface area contributed by atoms with Gasteiger partial charge < -0.3 is 5.32 Å². The number of rotatable bonds is 5. The van der Waals surface area contributed by atoms with Crippen molar-refractivity contribution in [1.82, 2.24) is 10.3 Å². The molecule has 1 rings (SSSR count). The Hall–Kier alpha value is -0.830. The first-order valence-electron chi connectivity index (χ1n) is 5.18. The normalized spacial score (nSPS) is 26.5. The molecule has 1 aliphatic carbocycles. The van der Waals surface area contributed by atoms with E-state index in [4.69, 9.17) is 0 Å². The van der Waals surface area contributed by atoms with Crippen molar-refractivity contribution in [1.29, 1.82) is 0 Å². The van der Waals surface area contributed by atoms with Gasteiger partial charge in [0.2, 0.25) is 0 Å². The molecule has 2 atom stereocenters. The highest BCUT2D eigenvalue weighted by Crippen LogP contribution is 2.37. The molecule has 3 heteroatoms. The molecule has 0 aromatic rings. The highest BCUT2D eigenvalue weighted by Gasteiger charge is 2.38. The van der Waals surface area contributed by atoms with E-state index in [1.807, 2.05) is 7.05 Å². The Bertz CT molecular complexity index is 233. The molecule has 80 valence electrons. The lowest BCUT2D eigenvalue weighted by Gasteiger charge is -2.10. The van der Waals surface area contributed by atoms with Gasteiger partial charge in [0.1, 0.15) is 0 Å². The molecule has 0 aliphatic heterocycles. The molecule has 0 amide bonds. The van der Waals surface area contributed by atoms with E-state index in [-0.39, 0.29) is 0 Å². The molecule has 0 heterocycles. The van der Waals surface area contributed by atoms with Crippen LogP contribution < -0.4 is 5.32 Å². The summed E-state index contributed by atoms with van der Waals surface area (Å²) in [4.78, 5) is 0. The van der Waals surface area contributed by atoms with Gasteiger partial charge in [-0.25, -0.2) is 0 Å². The van der Waals surface area contributed by atoms with Crippen LogP contribution in [0.4, 0.5) is 0 Å². The standard InChI is InChI=1S/C11H21N3/c1-8(2)13-11-6-10(11)9(3)7-14(5)12-4/h7-8,10-11,13H,4,6H2,1-3,5H3/b9-7+/t10-,11+/m0/s1. The summed E-state index contributed by atoms with van der Waals surface area (Å²) in [5, 5.41) is 9.11. The third-order valence-corrected chi connectivity index (χ3v) is 2.54. The predicted octanol–water partition coefficient (Wildman–Crippen LogP) is 1.82. The van der Waals surface area contributed by atoms with E-state index in [0.717, 1.165) is 0 Å². The Balaban J connectivity index is 2.38. The fraction of sp³-hybridized carbons (Fsp3) is 0.727. The molecule has 1 N–H and O–H groups in total. The van der Waals surface area contributed by atoms with Crippen LogP contribution in [-0.2, 0) is 0 Å². The lowest BCUT2D eigenvalue weighted by Crippen LogP contribution is -2.26. The topological polar surface area (TPSA) is 27.6 Å². The molecule has 1 fully saturated rings. The third kappa shape index (κ3) is 3.14. The van der Waals surface area contributed by atoms with Gasteiger partial charge in [0.25, 0.3) is 0 Å². The molecule has 1 aliphatic rings. The maximum atomic E-state index is 3.81. The maximum Gasteiger partial charge on any atom is 0.0296 e. The summed E-state index contributed by atoms with van der Waals surface area (Å²) >= 11 is 0. The summed E-state index contributed by atoms with van der Waals surface area (Å²) in [5.74, 6) is 0.696. The second kappa shape index (κ2) is 4.60. The number of hydrazone groups is 1. The van der Waals surface area contributed by atoms with Crippen LogP contribution in [0.1, 0.15) is 27.2 Å². The fourth-order valence-corrected chi connectivity index (χ4v) is 1.74. The minimum absolute atomic E-state index is 0.577. The van der Waals surface area contributed by atoms with Crippen molar-refractivity contribution in [3.05, 3.63) is 11.8 Å². The third-order valence-electron chi connectivity index (χ3n) is 2.54. The number of nitrogens with zero attached hydrogens (tertiary/aromatic N) is 2. The first kappa shape index (κ1) is 11.2. The fourth-order valence-electron chi connectivity index (χ4n) is 1.74. The van der Waals surface area contributed by atoms with E-state index in [0.29, 0.717) is 18.0 Å². The van der Waals surface area contributed by atoms with Crippen LogP contribution in [0.5, 0.6) is 0 Å². The zero-order chi connectivity index (χ0) is 10.7. The van der Waals surface area contributed by atoms with Crippen LogP contribution in [-0.4, -0.2) is 30.9 Å². The molecule has 1 saturated carbocycles. The summed E-state index contributed by atoms with van der Waals surface area (Å²) in [6.07, 6.45) is 3.31. The zero-order valence-corrected chi connectivity index (χ0v) is 9.62. The van der Waals surface area contributed by atoms with Gasteiger partial charge in [-0.1, -0.05) is 19.4 Å². The molecular weight excluding hydrogens is 174 g/mol. The van der Waals surface area contributed by atoms with Gasteiger partial charge in [-0.05, 0) is 19.3 Å². The first-order valence-corrected chi connectivity index (χ1v) is 5.18. The van der Waals surface area contributed by atoms with Crippen molar-refractivity contribution in [3.8, 4) is 0 Å². The van der Waals surface area contributed by atoms with Gasteiger partial charge in [-0.15, -0.1) is 0 Å². The second-order valence-corrected chi connectivity index (χ2v) is 4.36. The number of hydrogen-bond donors (Lipinski definition) is 1. The summed E-state index contributed by atoms with van der Waals surface area (Å²) in [7, 11) is 1.91. The van der Waals surface area contributed by atoms with Crippen LogP contribution >= 0.6 is 0 Å². The lowest BCUT2D eigenvalue weighted by atomic mass is 10.2. The summed E-state index contributed by atoms with van der Waals surface area (Å²) in [5.41, 5.74) is 1.39. The van der Waals surface area contributed by atoms with E-state index in [2.05, 4.69) is 44.1 Å². The van der Waals surface area contributed by atoms with Crippen molar-refractivity contribution < 1.29 is 0 Å². The van der Waals surface area contributed by atoms with Crippen molar-refractivity contribution in [2.45, 2.75) is 39.3 Å². The van der Waals surface area contributed by atoms with Gasteiger partial charge in [0, 0.05) is 32.0 Å². The van der Waals surface area contributed by atoms with Crippen molar-refractivity contribution in [2.75, 3.05) is 7.05 Å². The molecule has 0 aromatic heterocycles. The van der Waals surface area contributed by atoms with Crippen LogP contribution in [0.2, 0.25) is 0 Å². The maximum absolute atomic E-state index is 3.81. The molecule has 0 bridgehead atoms. The van der Waals surface area contributed by atoms with Crippen LogP contribution in [0, 0.1) is 5.92 Å².